The van der Waals surface area contributed by atoms with Crippen molar-refractivity contribution in [3.05, 3.63) is 23.8 Å². The summed E-state index contributed by atoms with van der Waals surface area (Å²) in [5.41, 5.74) is 2.12. The number of rotatable bonds is 2. The van der Waals surface area contributed by atoms with E-state index >= 15 is 0 Å². The lowest BCUT2D eigenvalue weighted by Crippen LogP contribution is -2.54. The van der Waals surface area contributed by atoms with Crippen molar-refractivity contribution in [2.24, 2.45) is 0 Å². The Labute approximate surface area is 117 Å². The van der Waals surface area contributed by atoms with Crippen molar-refractivity contribution in [2.75, 3.05) is 18.1 Å². The van der Waals surface area contributed by atoms with Gasteiger partial charge in [0.25, 0.3) is 0 Å². The van der Waals surface area contributed by atoms with Crippen LogP contribution in [-0.4, -0.2) is 31.0 Å². The van der Waals surface area contributed by atoms with Crippen LogP contribution in [0.1, 0.15) is 25.3 Å². The molecule has 0 aliphatic carbocycles. The van der Waals surface area contributed by atoms with E-state index in [9.17, 15) is 9.59 Å². The lowest BCUT2D eigenvalue weighted by atomic mass is 10.0. The molecule has 1 saturated heterocycles. The molecular weight excluding hydrogens is 256 g/mol. The van der Waals surface area contributed by atoms with Gasteiger partial charge in [0, 0.05) is 6.42 Å². The van der Waals surface area contributed by atoms with Crippen LogP contribution in [0.2, 0.25) is 0 Å². The zero-order valence-corrected chi connectivity index (χ0v) is 11.5. The first-order chi connectivity index (χ1) is 9.70. The summed E-state index contributed by atoms with van der Waals surface area (Å²) < 4.78 is 5.78. The molecule has 1 aromatic carbocycles. The van der Waals surface area contributed by atoms with Crippen molar-refractivity contribution in [2.45, 2.75) is 32.2 Å². The van der Waals surface area contributed by atoms with Gasteiger partial charge in [0.2, 0.25) is 11.8 Å². The molecule has 5 nitrogen and oxygen atoms in total. The summed E-state index contributed by atoms with van der Waals surface area (Å²) in [5.74, 6) is 0.504. The number of imide groups is 1. The van der Waals surface area contributed by atoms with Gasteiger partial charge in [-0.3, -0.25) is 14.9 Å². The predicted molar refractivity (Wildman–Crippen MR) is 74.8 cm³/mol. The number of nitrogens with one attached hydrogen (secondary N) is 1. The predicted octanol–water partition coefficient (Wildman–Crippen LogP) is 1.25. The molecule has 2 heterocycles. The monoisotopic (exact) mass is 274 g/mol. The lowest BCUT2D eigenvalue weighted by molar-refractivity contribution is -0.134. The Morgan fingerprint density at radius 3 is 3.00 bits per heavy atom. The summed E-state index contributed by atoms with van der Waals surface area (Å²) in [6.45, 7) is 3.33. The topological polar surface area (TPSA) is 58.6 Å². The first kappa shape index (κ1) is 13.0. The van der Waals surface area contributed by atoms with Gasteiger partial charge >= 0.3 is 0 Å². The molecule has 2 aliphatic rings. The van der Waals surface area contributed by atoms with E-state index in [1.807, 2.05) is 18.2 Å². The normalized spacial score (nSPS) is 22.1. The third kappa shape index (κ3) is 2.13. The van der Waals surface area contributed by atoms with Crippen LogP contribution in [0.4, 0.5) is 5.69 Å². The number of nitrogens with zero attached hydrogens (tertiary/aromatic N) is 1. The Morgan fingerprint density at radius 2 is 2.25 bits per heavy atom. The summed E-state index contributed by atoms with van der Waals surface area (Å²) >= 11 is 0. The molecule has 0 bridgehead atoms. The summed E-state index contributed by atoms with van der Waals surface area (Å²) in [4.78, 5) is 25.4. The molecule has 1 aromatic rings. The molecule has 0 saturated carbocycles. The summed E-state index contributed by atoms with van der Waals surface area (Å²) in [5, 5.41) is 2.43. The second-order valence-corrected chi connectivity index (χ2v) is 5.13. The molecule has 2 aliphatic heterocycles. The number of carbonyl (C=O) groups excluding carboxylic acids is 2. The van der Waals surface area contributed by atoms with Crippen LogP contribution in [0.3, 0.4) is 0 Å². The van der Waals surface area contributed by atoms with Crippen molar-refractivity contribution in [3.8, 4) is 5.75 Å². The van der Waals surface area contributed by atoms with E-state index in [-0.39, 0.29) is 17.9 Å². The molecule has 106 valence electrons. The number of fused-ring (bicyclic) bond motifs is 1. The van der Waals surface area contributed by atoms with Crippen LogP contribution < -0.4 is 15.0 Å². The Balaban J connectivity index is 1.94. The fraction of sp³-hybridized carbons (Fsp3) is 0.467. The van der Waals surface area contributed by atoms with Gasteiger partial charge in [-0.15, -0.1) is 0 Å². The van der Waals surface area contributed by atoms with Gasteiger partial charge in [-0.25, -0.2) is 0 Å². The Hall–Kier alpha value is -2.04. The van der Waals surface area contributed by atoms with E-state index in [0.717, 1.165) is 23.4 Å². The summed E-state index contributed by atoms with van der Waals surface area (Å²) in [6.07, 6.45) is 1.86. The maximum Gasteiger partial charge on any atom is 0.249 e. The summed E-state index contributed by atoms with van der Waals surface area (Å²) in [7, 11) is 0. The number of amides is 2. The van der Waals surface area contributed by atoms with E-state index in [0.29, 0.717) is 26.0 Å². The third-order valence-electron chi connectivity index (χ3n) is 3.93. The zero-order valence-electron chi connectivity index (χ0n) is 11.5. The van der Waals surface area contributed by atoms with Crippen molar-refractivity contribution >= 4 is 17.5 Å². The smallest absolute Gasteiger partial charge is 0.249 e. The molecule has 1 N–H and O–H groups in total. The standard InChI is InChI=1S/C15H18N2O3/c1-2-10-4-3-5-11-14(10)20-9-8-17(11)12-6-7-13(18)16-15(12)19/h3-5,12H,2,6-9H2,1H3,(H,16,18,19). The van der Waals surface area contributed by atoms with Crippen molar-refractivity contribution in [1.82, 2.24) is 5.32 Å². The van der Waals surface area contributed by atoms with Gasteiger partial charge in [-0.2, -0.15) is 0 Å². The van der Waals surface area contributed by atoms with Crippen molar-refractivity contribution < 1.29 is 14.3 Å². The van der Waals surface area contributed by atoms with E-state index in [4.69, 9.17) is 4.74 Å². The van der Waals surface area contributed by atoms with Crippen molar-refractivity contribution in [3.63, 3.8) is 0 Å². The lowest BCUT2D eigenvalue weighted by Gasteiger charge is -2.38. The minimum atomic E-state index is -0.276. The Kier molecular flexibility index (Phi) is 3.34. The van der Waals surface area contributed by atoms with E-state index in [1.54, 1.807) is 0 Å². The number of aryl methyl sites for hydroxylation is 1. The van der Waals surface area contributed by atoms with Crippen molar-refractivity contribution in [1.29, 1.82) is 0 Å². The SMILES string of the molecule is CCc1cccc2c1OCCN2C1CCC(=O)NC1=O. The number of hydrogen-bond acceptors (Lipinski definition) is 4. The molecule has 1 atom stereocenters. The molecule has 1 unspecified atom stereocenters. The average Bonchev–Trinajstić information content (AvgIpc) is 2.46. The Bertz CT molecular complexity index is 556. The second kappa shape index (κ2) is 5.15. The summed E-state index contributed by atoms with van der Waals surface area (Å²) in [6, 6.07) is 5.75. The highest BCUT2D eigenvalue weighted by Gasteiger charge is 2.34. The minimum Gasteiger partial charge on any atom is -0.489 e. The van der Waals surface area contributed by atoms with Gasteiger partial charge in [-0.05, 0) is 24.5 Å². The van der Waals surface area contributed by atoms with Gasteiger partial charge < -0.3 is 9.64 Å². The van der Waals surface area contributed by atoms with Gasteiger partial charge in [-0.1, -0.05) is 19.1 Å². The quantitative estimate of drug-likeness (QED) is 0.825. The molecule has 20 heavy (non-hydrogen) atoms. The Morgan fingerprint density at radius 1 is 1.40 bits per heavy atom. The molecule has 1 fully saturated rings. The molecular formula is C15H18N2O3. The minimum absolute atomic E-state index is 0.179. The van der Waals surface area contributed by atoms with Crippen LogP contribution in [0.15, 0.2) is 18.2 Å². The molecule has 5 heteroatoms. The number of anilines is 1. The van der Waals surface area contributed by atoms with Gasteiger partial charge in [0.15, 0.2) is 0 Å². The van der Waals surface area contributed by atoms with E-state index < -0.39 is 0 Å². The fourth-order valence-electron chi connectivity index (χ4n) is 2.91. The number of para-hydroxylation sites is 1. The van der Waals surface area contributed by atoms with E-state index in [1.165, 1.54) is 0 Å². The highest BCUT2D eigenvalue weighted by Crippen LogP contribution is 2.37. The van der Waals surface area contributed by atoms with Gasteiger partial charge in [0.1, 0.15) is 18.4 Å². The highest BCUT2D eigenvalue weighted by molar-refractivity contribution is 6.01. The molecule has 0 spiro atoms. The zero-order chi connectivity index (χ0) is 14.1. The molecule has 0 radical (unpaired) electrons. The van der Waals surface area contributed by atoms with Crippen LogP contribution >= 0.6 is 0 Å². The number of piperidine rings is 1. The largest absolute Gasteiger partial charge is 0.489 e. The van der Waals surface area contributed by atoms with Crippen LogP contribution in [0.25, 0.3) is 0 Å². The molecule has 2 amide bonds. The number of benzene rings is 1. The van der Waals surface area contributed by atoms with E-state index in [2.05, 4.69) is 17.1 Å². The fourth-order valence-corrected chi connectivity index (χ4v) is 2.91. The van der Waals surface area contributed by atoms with Crippen LogP contribution in [-0.2, 0) is 16.0 Å². The number of carbonyl (C=O) groups is 2. The maximum atomic E-state index is 12.1. The third-order valence-corrected chi connectivity index (χ3v) is 3.93. The molecule has 0 aromatic heterocycles. The first-order valence-corrected chi connectivity index (χ1v) is 7.05. The maximum absolute atomic E-state index is 12.1. The van der Waals surface area contributed by atoms with Gasteiger partial charge in [0.05, 0.1) is 12.2 Å². The van der Waals surface area contributed by atoms with Crippen LogP contribution in [0, 0.1) is 0 Å². The molecule has 3 rings (SSSR count). The average molecular weight is 274 g/mol. The number of hydrogen-bond donors (Lipinski definition) is 1. The van der Waals surface area contributed by atoms with Crippen LogP contribution in [0.5, 0.6) is 5.75 Å². The second-order valence-electron chi connectivity index (χ2n) is 5.13. The number of ether oxygens (including phenoxy) is 1. The highest BCUT2D eigenvalue weighted by atomic mass is 16.5. The first-order valence-electron chi connectivity index (χ1n) is 7.05.